The number of nitrogens with one attached hydrogen (secondary N) is 1. The summed E-state index contributed by atoms with van der Waals surface area (Å²) < 4.78 is 28.2. The summed E-state index contributed by atoms with van der Waals surface area (Å²) in [6, 6.07) is 14.7. The van der Waals surface area contributed by atoms with Gasteiger partial charge in [-0.15, -0.1) is 0 Å². The Hall–Kier alpha value is -2.35. The van der Waals surface area contributed by atoms with E-state index in [-0.39, 0.29) is 4.90 Å². The van der Waals surface area contributed by atoms with Crippen molar-refractivity contribution in [1.29, 1.82) is 0 Å². The monoisotopic (exact) mass is 370 g/mol. The summed E-state index contributed by atoms with van der Waals surface area (Å²) in [5, 5.41) is 7.69. The van der Waals surface area contributed by atoms with Crippen molar-refractivity contribution in [2.24, 2.45) is 16.0 Å². The van der Waals surface area contributed by atoms with E-state index in [1.165, 1.54) is 0 Å². The summed E-state index contributed by atoms with van der Waals surface area (Å²) in [5.41, 5.74) is 8.73. The van der Waals surface area contributed by atoms with Gasteiger partial charge in [-0.1, -0.05) is 30.3 Å². The third kappa shape index (κ3) is 3.90. The third-order valence-electron chi connectivity index (χ3n) is 4.39. The van der Waals surface area contributed by atoms with Crippen LogP contribution in [0.1, 0.15) is 19.4 Å². The molecule has 2 aromatic carbocycles. The van der Waals surface area contributed by atoms with Crippen LogP contribution in [0.2, 0.25) is 0 Å². The summed E-state index contributed by atoms with van der Waals surface area (Å²) in [6.45, 7) is 4.48. The molecule has 6 nitrogen and oxygen atoms in total. The Balaban J connectivity index is 1.83. The van der Waals surface area contributed by atoms with Gasteiger partial charge in [0.25, 0.3) is 0 Å². The zero-order chi connectivity index (χ0) is 18.8. The Labute approximate surface area is 153 Å². The second kappa shape index (κ2) is 7.11. The fourth-order valence-electron chi connectivity index (χ4n) is 2.79. The summed E-state index contributed by atoms with van der Waals surface area (Å²) in [6.07, 6.45) is 1.61. The second-order valence-corrected chi connectivity index (χ2v) is 8.41. The molecule has 0 spiro atoms. The predicted molar refractivity (Wildman–Crippen MR) is 102 cm³/mol. The van der Waals surface area contributed by atoms with Crippen molar-refractivity contribution in [1.82, 2.24) is 4.72 Å². The quantitative estimate of drug-likeness (QED) is 0.817. The Morgan fingerprint density at radius 1 is 1.12 bits per heavy atom. The standard InChI is InChI=1S/C19H22N4O2S/c1-19(2,17-12-21-22-13-17)23-26(24,25)18-8-6-15(7-9-18)16-5-3-4-14(10-16)11-20/h3-10,12,23H,11,13,20H2,1-2H3. The molecule has 3 rings (SSSR count). The minimum Gasteiger partial charge on any atom is -0.326 e. The predicted octanol–water partition coefficient (Wildman–Crippen LogP) is 3.22. The lowest BCUT2D eigenvalue weighted by Crippen LogP contribution is -2.45. The van der Waals surface area contributed by atoms with Crippen molar-refractivity contribution < 1.29 is 8.42 Å². The van der Waals surface area contributed by atoms with Crippen LogP contribution in [0.5, 0.6) is 0 Å². The number of benzene rings is 2. The van der Waals surface area contributed by atoms with Gasteiger partial charge in [0.2, 0.25) is 10.0 Å². The van der Waals surface area contributed by atoms with Crippen molar-refractivity contribution >= 4 is 10.0 Å². The minimum atomic E-state index is -3.66. The van der Waals surface area contributed by atoms with Crippen molar-refractivity contribution in [2.45, 2.75) is 30.8 Å². The normalized spacial score (nSPS) is 14.5. The molecule has 26 heavy (non-hydrogen) atoms. The number of nitrogens with two attached hydrogens (primary N) is 1. The van der Waals surface area contributed by atoms with Gasteiger partial charge in [0.15, 0.2) is 0 Å². The number of rotatable bonds is 6. The summed E-state index contributed by atoms with van der Waals surface area (Å²) in [5.74, 6) is 0. The molecule has 0 saturated heterocycles. The van der Waals surface area contributed by atoms with E-state index in [1.54, 1.807) is 44.3 Å². The fourth-order valence-corrected chi connectivity index (χ4v) is 4.21. The van der Waals surface area contributed by atoms with Crippen LogP contribution in [0, 0.1) is 0 Å². The van der Waals surface area contributed by atoms with E-state index >= 15 is 0 Å². The van der Waals surface area contributed by atoms with Crippen LogP contribution in [-0.4, -0.2) is 20.5 Å². The first-order valence-corrected chi connectivity index (χ1v) is 9.80. The number of azo groups is 1. The van der Waals surface area contributed by atoms with Gasteiger partial charge in [-0.2, -0.15) is 10.2 Å². The van der Waals surface area contributed by atoms with E-state index in [2.05, 4.69) is 15.0 Å². The minimum absolute atomic E-state index is 0.219. The summed E-state index contributed by atoms with van der Waals surface area (Å²) >= 11 is 0. The maximum Gasteiger partial charge on any atom is 0.241 e. The van der Waals surface area contributed by atoms with Gasteiger partial charge in [-0.25, -0.2) is 13.1 Å². The van der Waals surface area contributed by atoms with Gasteiger partial charge < -0.3 is 5.73 Å². The second-order valence-electron chi connectivity index (χ2n) is 6.73. The van der Waals surface area contributed by atoms with Crippen LogP contribution in [0.25, 0.3) is 11.1 Å². The molecule has 0 aromatic heterocycles. The van der Waals surface area contributed by atoms with E-state index in [1.807, 2.05) is 24.3 Å². The van der Waals surface area contributed by atoms with Gasteiger partial charge in [-0.3, -0.25) is 0 Å². The molecule has 0 fully saturated rings. The molecule has 0 radical (unpaired) electrons. The van der Waals surface area contributed by atoms with Gasteiger partial charge in [0, 0.05) is 6.54 Å². The molecule has 0 amide bonds. The first-order chi connectivity index (χ1) is 12.3. The van der Waals surface area contributed by atoms with E-state index in [0.717, 1.165) is 22.3 Å². The van der Waals surface area contributed by atoms with Crippen LogP contribution < -0.4 is 10.5 Å². The number of hydrogen-bond donors (Lipinski definition) is 2. The average molecular weight is 370 g/mol. The van der Waals surface area contributed by atoms with Crippen molar-refractivity contribution in [3.05, 3.63) is 65.9 Å². The highest BCUT2D eigenvalue weighted by molar-refractivity contribution is 7.89. The molecule has 7 heteroatoms. The molecular weight excluding hydrogens is 348 g/mol. The number of sulfonamides is 1. The van der Waals surface area contributed by atoms with Crippen molar-refractivity contribution in [3.63, 3.8) is 0 Å². The molecule has 0 atom stereocenters. The highest BCUT2D eigenvalue weighted by Crippen LogP contribution is 2.25. The first kappa shape index (κ1) is 18.4. The average Bonchev–Trinajstić information content (AvgIpc) is 3.17. The van der Waals surface area contributed by atoms with Gasteiger partial charge in [0.05, 0.1) is 23.2 Å². The topological polar surface area (TPSA) is 96.9 Å². The molecule has 0 bridgehead atoms. The third-order valence-corrected chi connectivity index (χ3v) is 6.06. The molecule has 1 aliphatic heterocycles. The Morgan fingerprint density at radius 2 is 1.85 bits per heavy atom. The van der Waals surface area contributed by atoms with Gasteiger partial charge >= 0.3 is 0 Å². The molecule has 0 saturated carbocycles. The molecule has 1 heterocycles. The lowest BCUT2D eigenvalue weighted by atomic mass is 9.97. The lowest BCUT2D eigenvalue weighted by Gasteiger charge is -2.26. The smallest absolute Gasteiger partial charge is 0.241 e. The molecule has 3 N–H and O–H groups in total. The highest BCUT2D eigenvalue weighted by atomic mass is 32.2. The molecule has 136 valence electrons. The van der Waals surface area contributed by atoms with Gasteiger partial charge in [-0.05, 0) is 54.3 Å². The van der Waals surface area contributed by atoms with E-state index < -0.39 is 15.6 Å². The van der Waals surface area contributed by atoms with Crippen LogP contribution >= 0.6 is 0 Å². The van der Waals surface area contributed by atoms with Crippen LogP contribution in [0.15, 0.2) is 75.4 Å². The zero-order valence-electron chi connectivity index (χ0n) is 14.8. The SMILES string of the molecule is CC(C)(NS(=O)(=O)c1ccc(-c2cccc(CN)c2)cc1)C1=CN=NC1. The molecule has 2 aromatic rings. The largest absolute Gasteiger partial charge is 0.326 e. The highest BCUT2D eigenvalue weighted by Gasteiger charge is 2.30. The van der Waals surface area contributed by atoms with Crippen molar-refractivity contribution in [2.75, 3.05) is 6.54 Å². The Bertz CT molecular complexity index is 961. The summed E-state index contributed by atoms with van der Waals surface area (Å²) in [7, 11) is -3.66. The van der Waals surface area contributed by atoms with Crippen LogP contribution in [-0.2, 0) is 16.6 Å². The molecular formula is C19H22N4O2S. The Morgan fingerprint density at radius 3 is 2.46 bits per heavy atom. The maximum atomic E-state index is 12.7. The van der Waals surface area contributed by atoms with Crippen molar-refractivity contribution in [3.8, 4) is 11.1 Å². The molecule has 0 aliphatic carbocycles. The molecule has 0 unspecified atom stereocenters. The number of nitrogens with zero attached hydrogens (tertiary/aromatic N) is 2. The summed E-state index contributed by atoms with van der Waals surface area (Å²) in [4.78, 5) is 0.219. The molecule has 1 aliphatic rings. The number of hydrogen-bond acceptors (Lipinski definition) is 5. The zero-order valence-corrected chi connectivity index (χ0v) is 15.6. The fraction of sp³-hybridized carbons (Fsp3) is 0.263. The Kier molecular flexibility index (Phi) is 5.04. The van der Waals surface area contributed by atoms with Crippen LogP contribution in [0.3, 0.4) is 0 Å². The van der Waals surface area contributed by atoms with E-state index in [0.29, 0.717) is 13.1 Å². The lowest BCUT2D eigenvalue weighted by molar-refractivity contribution is 0.508. The van der Waals surface area contributed by atoms with Crippen LogP contribution in [0.4, 0.5) is 0 Å². The maximum absolute atomic E-state index is 12.7. The van der Waals surface area contributed by atoms with E-state index in [9.17, 15) is 8.42 Å². The first-order valence-electron chi connectivity index (χ1n) is 8.31. The van der Waals surface area contributed by atoms with Gasteiger partial charge in [0.1, 0.15) is 0 Å². The van der Waals surface area contributed by atoms with E-state index in [4.69, 9.17) is 5.73 Å².